The average Bonchev–Trinajstić information content (AvgIpc) is 2.59. The number of aliphatic imine (C=N–C) groups is 1. The van der Waals surface area contributed by atoms with Crippen LogP contribution in [0.3, 0.4) is 0 Å². The lowest BCUT2D eigenvalue weighted by Gasteiger charge is -2.12. The zero-order chi connectivity index (χ0) is 19.0. The Bertz CT molecular complexity index is 847. The minimum absolute atomic E-state index is 0.373. The third kappa shape index (κ3) is 6.19. The molecular weight excluding hydrogens is 346 g/mol. The maximum Gasteiger partial charge on any atom is 0.191 e. The highest BCUT2D eigenvalue weighted by atomic mass is 32.2. The van der Waals surface area contributed by atoms with E-state index in [2.05, 4.69) is 27.8 Å². The van der Waals surface area contributed by atoms with Crippen LogP contribution in [0.4, 0.5) is 0 Å². The molecule has 0 aliphatic rings. The summed E-state index contributed by atoms with van der Waals surface area (Å²) in [7, 11) is -3.19. The number of benzene rings is 2. The fourth-order valence-corrected chi connectivity index (χ4v) is 3.67. The van der Waals surface area contributed by atoms with Gasteiger partial charge in [0.15, 0.2) is 15.8 Å². The summed E-state index contributed by atoms with van der Waals surface area (Å²) in [5, 5.41) is 6.57. The van der Waals surface area contributed by atoms with Crippen LogP contribution in [0.2, 0.25) is 0 Å². The van der Waals surface area contributed by atoms with Crippen LogP contribution in [0, 0.1) is 6.92 Å². The first-order valence-electron chi connectivity index (χ1n) is 8.76. The second kappa shape index (κ2) is 9.38. The van der Waals surface area contributed by atoms with Gasteiger partial charge >= 0.3 is 0 Å². The van der Waals surface area contributed by atoms with Gasteiger partial charge in [-0.15, -0.1) is 0 Å². The number of rotatable bonds is 7. The molecule has 0 atom stereocenters. The molecule has 0 aliphatic heterocycles. The molecule has 140 valence electrons. The molecule has 0 saturated heterocycles. The number of hydrogen-bond acceptors (Lipinski definition) is 3. The number of nitrogens with one attached hydrogen (secondary N) is 2. The van der Waals surface area contributed by atoms with Crippen LogP contribution in [-0.2, 0) is 22.8 Å². The molecule has 0 radical (unpaired) electrons. The van der Waals surface area contributed by atoms with Crippen molar-refractivity contribution in [2.45, 2.75) is 31.7 Å². The molecule has 2 rings (SSSR count). The number of aryl methyl sites for hydroxylation is 1. The largest absolute Gasteiger partial charge is 0.357 e. The molecule has 0 aromatic heterocycles. The van der Waals surface area contributed by atoms with Crippen LogP contribution in [0.25, 0.3) is 0 Å². The van der Waals surface area contributed by atoms with E-state index in [1.165, 1.54) is 11.8 Å². The molecule has 2 N–H and O–H groups in total. The van der Waals surface area contributed by atoms with Crippen LogP contribution in [-0.4, -0.2) is 33.7 Å². The van der Waals surface area contributed by atoms with E-state index < -0.39 is 9.84 Å². The van der Waals surface area contributed by atoms with Gasteiger partial charge in [-0.05, 0) is 43.0 Å². The van der Waals surface area contributed by atoms with Crippen molar-refractivity contribution >= 4 is 15.8 Å². The number of guanidine groups is 1. The Balaban J connectivity index is 1.98. The first-order chi connectivity index (χ1) is 12.4. The summed E-state index contributed by atoms with van der Waals surface area (Å²) in [4.78, 5) is 4.97. The molecular formula is C20H27N3O2S. The second-order valence-electron chi connectivity index (χ2n) is 6.23. The van der Waals surface area contributed by atoms with E-state index in [4.69, 9.17) is 0 Å². The molecule has 6 heteroatoms. The molecule has 0 unspecified atom stereocenters. The number of hydrogen-bond donors (Lipinski definition) is 2. The van der Waals surface area contributed by atoms with E-state index in [-0.39, 0.29) is 0 Å². The van der Waals surface area contributed by atoms with Crippen molar-refractivity contribution in [3.63, 3.8) is 0 Å². The smallest absolute Gasteiger partial charge is 0.191 e. The average molecular weight is 374 g/mol. The van der Waals surface area contributed by atoms with E-state index in [1.807, 2.05) is 44.2 Å². The maximum absolute atomic E-state index is 11.7. The number of nitrogens with zero attached hydrogens (tertiary/aromatic N) is 1. The topological polar surface area (TPSA) is 70.6 Å². The molecule has 5 nitrogen and oxygen atoms in total. The van der Waals surface area contributed by atoms with Crippen LogP contribution < -0.4 is 10.6 Å². The Morgan fingerprint density at radius 2 is 1.77 bits per heavy atom. The van der Waals surface area contributed by atoms with Crippen molar-refractivity contribution in [3.8, 4) is 0 Å². The first kappa shape index (κ1) is 20.0. The van der Waals surface area contributed by atoms with Gasteiger partial charge in [-0.3, -0.25) is 0 Å². The van der Waals surface area contributed by atoms with E-state index in [0.29, 0.717) is 11.4 Å². The van der Waals surface area contributed by atoms with E-state index >= 15 is 0 Å². The van der Waals surface area contributed by atoms with Crippen molar-refractivity contribution < 1.29 is 8.42 Å². The SMILES string of the molecule is CCNC(=NCc1ccc(S(C)(=O)=O)c(C)c1)NCCc1ccccc1. The summed E-state index contributed by atoms with van der Waals surface area (Å²) >= 11 is 0. The lowest BCUT2D eigenvalue weighted by molar-refractivity contribution is 0.601. The quantitative estimate of drug-likeness (QED) is 0.578. The highest BCUT2D eigenvalue weighted by molar-refractivity contribution is 7.90. The Hall–Kier alpha value is -2.34. The van der Waals surface area contributed by atoms with Crippen LogP contribution in [0.1, 0.15) is 23.6 Å². The molecule has 0 heterocycles. The number of sulfone groups is 1. The fraction of sp³-hybridized carbons (Fsp3) is 0.350. The second-order valence-corrected chi connectivity index (χ2v) is 8.21. The summed E-state index contributed by atoms with van der Waals surface area (Å²) in [6.45, 7) is 5.91. The minimum atomic E-state index is -3.19. The zero-order valence-corrected chi connectivity index (χ0v) is 16.4. The highest BCUT2D eigenvalue weighted by Crippen LogP contribution is 2.17. The molecule has 0 fully saturated rings. The van der Waals surface area contributed by atoms with Crippen molar-refractivity contribution in [1.29, 1.82) is 0 Å². The minimum Gasteiger partial charge on any atom is -0.357 e. The lowest BCUT2D eigenvalue weighted by atomic mass is 10.1. The third-order valence-electron chi connectivity index (χ3n) is 3.95. The van der Waals surface area contributed by atoms with Gasteiger partial charge in [-0.25, -0.2) is 13.4 Å². The van der Waals surface area contributed by atoms with Gasteiger partial charge in [0.1, 0.15) is 0 Å². The van der Waals surface area contributed by atoms with Crippen molar-refractivity contribution in [1.82, 2.24) is 10.6 Å². The van der Waals surface area contributed by atoms with E-state index in [1.54, 1.807) is 6.07 Å². The van der Waals surface area contributed by atoms with Gasteiger partial charge in [-0.2, -0.15) is 0 Å². The summed E-state index contributed by atoms with van der Waals surface area (Å²) < 4.78 is 23.4. The van der Waals surface area contributed by atoms with Crippen LogP contribution in [0.15, 0.2) is 58.4 Å². The fourth-order valence-electron chi connectivity index (χ4n) is 2.71. The predicted molar refractivity (Wildman–Crippen MR) is 107 cm³/mol. The highest BCUT2D eigenvalue weighted by Gasteiger charge is 2.10. The van der Waals surface area contributed by atoms with Crippen LogP contribution in [0.5, 0.6) is 0 Å². The van der Waals surface area contributed by atoms with Crippen molar-refractivity contribution in [2.75, 3.05) is 19.3 Å². The monoisotopic (exact) mass is 373 g/mol. The van der Waals surface area contributed by atoms with E-state index in [0.717, 1.165) is 36.6 Å². The van der Waals surface area contributed by atoms with Crippen molar-refractivity contribution in [3.05, 3.63) is 65.2 Å². The van der Waals surface area contributed by atoms with Gasteiger partial charge in [0.2, 0.25) is 0 Å². The summed E-state index contributed by atoms with van der Waals surface area (Å²) in [6, 6.07) is 15.7. The van der Waals surface area contributed by atoms with Gasteiger partial charge in [-0.1, -0.05) is 42.5 Å². The third-order valence-corrected chi connectivity index (χ3v) is 5.21. The first-order valence-corrected chi connectivity index (χ1v) is 10.6. The summed E-state index contributed by atoms with van der Waals surface area (Å²) in [5.41, 5.74) is 3.01. The molecule has 0 saturated carbocycles. The molecule has 2 aromatic rings. The van der Waals surface area contributed by atoms with Gasteiger partial charge in [0.25, 0.3) is 0 Å². The molecule has 0 bridgehead atoms. The molecule has 26 heavy (non-hydrogen) atoms. The molecule has 0 amide bonds. The molecule has 0 spiro atoms. The maximum atomic E-state index is 11.7. The Morgan fingerprint density at radius 1 is 1.04 bits per heavy atom. The molecule has 0 aliphatic carbocycles. The van der Waals surface area contributed by atoms with E-state index in [9.17, 15) is 8.42 Å². The standard InChI is InChI=1S/C20H27N3O2S/c1-4-21-20(22-13-12-17-8-6-5-7-9-17)23-15-18-10-11-19(16(2)14-18)26(3,24)25/h5-11,14H,4,12-13,15H2,1-3H3,(H2,21,22,23). The van der Waals surface area contributed by atoms with Gasteiger partial charge in [0, 0.05) is 19.3 Å². The Labute approximate surface area is 156 Å². The zero-order valence-electron chi connectivity index (χ0n) is 15.6. The Morgan fingerprint density at radius 3 is 2.38 bits per heavy atom. The lowest BCUT2D eigenvalue weighted by Crippen LogP contribution is -2.38. The molecule has 2 aromatic carbocycles. The summed E-state index contributed by atoms with van der Waals surface area (Å²) in [6.07, 6.45) is 2.15. The predicted octanol–water partition coefficient (Wildman–Crippen LogP) is 2.70. The van der Waals surface area contributed by atoms with Crippen molar-refractivity contribution in [2.24, 2.45) is 4.99 Å². The van der Waals surface area contributed by atoms with Gasteiger partial charge < -0.3 is 10.6 Å². The van der Waals surface area contributed by atoms with Gasteiger partial charge in [0.05, 0.1) is 11.4 Å². The summed E-state index contributed by atoms with van der Waals surface area (Å²) in [5.74, 6) is 0.758. The van der Waals surface area contributed by atoms with Crippen LogP contribution >= 0.6 is 0 Å². The normalized spacial score (nSPS) is 12.0. The Kier molecular flexibility index (Phi) is 7.21.